The highest BCUT2D eigenvalue weighted by Crippen LogP contribution is 2.21. The number of aromatic carboxylic acids is 1. The van der Waals surface area contributed by atoms with Gasteiger partial charge in [-0.1, -0.05) is 0 Å². The van der Waals surface area contributed by atoms with Crippen LogP contribution in [0.3, 0.4) is 0 Å². The topological polar surface area (TPSA) is 71.5 Å². The van der Waals surface area contributed by atoms with E-state index in [0.29, 0.717) is 24.5 Å². The van der Waals surface area contributed by atoms with Gasteiger partial charge in [-0.05, 0) is 19.1 Å². The third-order valence-electron chi connectivity index (χ3n) is 2.44. The van der Waals surface area contributed by atoms with Crippen molar-refractivity contribution in [1.29, 1.82) is 0 Å². The van der Waals surface area contributed by atoms with Crippen molar-refractivity contribution in [3.63, 3.8) is 0 Å². The van der Waals surface area contributed by atoms with Crippen molar-refractivity contribution >= 4 is 23.0 Å². The third kappa shape index (κ3) is 3.45. The van der Waals surface area contributed by atoms with E-state index in [9.17, 15) is 9.18 Å². The van der Waals surface area contributed by atoms with Crippen molar-refractivity contribution in [2.24, 2.45) is 0 Å². The minimum Gasteiger partial charge on any atom is -0.491 e. The molecule has 1 aromatic carbocycles. The number of carbonyl (C=O) groups is 1. The summed E-state index contributed by atoms with van der Waals surface area (Å²) >= 11 is 1.06. The lowest BCUT2D eigenvalue weighted by atomic mass is 10.3. The van der Waals surface area contributed by atoms with Gasteiger partial charge in [0.2, 0.25) is 5.01 Å². The van der Waals surface area contributed by atoms with E-state index in [-0.39, 0.29) is 10.8 Å². The minimum absolute atomic E-state index is 0.0414. The molecule has 106 valence electrons. The Morgan fingerprint density at radius 3 is 2.95 bits per heavy atom. The smallest absolute Gasteiger partial charge is 0.365 e. The van der Waals surface area contributed by atoms with Crippen LogP contribution in [0.5, 0.6) is 5.75 Å². The minimum atomic E-state index is -1.05. The first-order chi connectivity index (χ1) is 9.60. The molecule has 0 aliphatic heterocycles. The van der Waals surface area contributed by atoms with Crippen molar-refractivity contribution in [2.45, 2.75) is 13.5 Å². The largest absolute Gasteiger partial charge is 0.491 e. The van der Waals surface area contributed by atoms with E-state index in [2.05, 4.69) is 10.3 Å². The molecule has 0 spiro atoms. The van der Waals surface area contributed by atoms with Crippen molar-refractivity contribution in [2.75, 3.05) is 11.9 Å². The van der Waals surface area contributed by atoms with Gasteiger partial charge in [-0.25, -0.2) is 14.2 Å². The van der Waals surface area contributed by atoms with Gasteiger partial charge < -0.3 is 15.2 Å². The number of halogens is 1. The van der Waals surface area contributed by atoms with E-state index in [0.717, 1.165) is 11.3 Å². The van der Waals surface area contributed by atoms with Crippen molar-refractivity contribution in [1.82, 2.24) is 4.98 Å². The molecule has 0 bridgehead atoms. The second-order valence-electron chi connectivity index (χ2n) is 3.88. The molecule has 0 atom stereocenters. The van der Waals surface area contributed by atoms with Crippen LogP contribution in [0, 0.1) is 5.82 Å². The number of rotatable bonds is 6. The van der Waals surface area contributed by atoms with Crippen LogP contribution in [0.25, 0.3) is 0 Å². The molecule has 0 unspecified atom stereocenters. The van der Waals surface area contributed by atoms with E-state index >= 15 is 0 Å². The molecule has 0 radical (unpaired) electrons. The van der Waals surface area contributed by atoms with Crippen molar-refractivity contribution in [3.05, 3.63) is 40.1 Å². The van der Waals surface area contributed by atoms with Gasteiger partial charge in [0.1, 0.15) is 0 Å². The predicted molar refractivity (Wildman–Crippen MR) is 74.0 cm³/mol. The van der Waals surface area contributed by atoms with Gasteiger partial charge in [0.15, 0.2) is 11.6 Å². The first kappa shape index (κ1) is 14.3. The Morgan fingerprint density at radius 2 is 2.35 bits per heavy atom. The molecule has 0 fully saturated rings. The van der Waals surface area contributed by atoms with Gasteiger partial charge in [-0.2, -0.15) is 0 Å². The SMILES string of the molecule is CCOc1ccc(NCc2csc(C(=O)O)n2)cc1F. The summed E-state index contributed by atoms with van der Waals surface area (Å²) in [7, 11) is 0. The molecular formula is C13H13FN2O3S. The van der Waals surface area contributed by atoms with Gasteiger partial charge in [-0.15, -0.1) is 11.3 Å². The van der Waals surface area contributed by atoms with Gasteiger partial charge in [0, 0.05) is 17.1 Å². The van der Waals surface area contributed by atoms with Gasteiger partial charge in [0.25, 0.3) is 0 Å². The van der Waals surface area contributed by atoms with Gasteiger partial charge in [-0.3, -0.25) is 0 Å². The van der Waals surface area contributed by atoms with E-state index in [1.165, 1.54) is 6.07 Å². The summed E-state index contributed by atoms with van der Waals surface area (Å²) in [6.07, 6.45) is 0. The Morgan fingerprint density at radius 1 is 1.55 bits per heavy atom. The number of carboxylic acids is 1. The van der Waals surface area contributed by atoms with Crippen LogP contribution >= 0.6 is 11.3 Å². The fourth-order valence-electron chi connectivity index (χ4n) is 1.56. The van der Waals surface area contributed by atoms with Crippen molar-refractivity contribution < 1.29 is 19.0 Å². The Balaban J connectivity index is 1.99. The number of hydrogen-bond donors (Lipinski definition) is 2. The molecule has 7 heteroatoms. The lowest BCUT2D eigenvalue weighted by Gasteiger charge is -2.08. The maximum absolute atomic E-state index is 13.6. The molecule has 1 aromatic heterocycles. The Hall–Kier alpha value is -2.15. The average Bonchev–Trinajstić information content (AvgIpc) is 2.88. The Bertz CT molecular complexity index is 615. The molecular weight excluding hydrogens is 283 g/mol. The number of nitrogens with one attached hydrogen (secondary N) is 1. The molecule has 20 heavy (non-hydrogen) atoms. The summed E-state index contributed by atoms with van der Waals surface area (Å²) in [5, 5.41) is 13.4. The fraction of sp³-hybridized carbons (Fsp3) is 0.231. The number of carboxylic acid groups (broad SMARTS) is 1. The quantitative estimate of drug-likeness (QED) is 0.857. The second kappa shape index (κ2) is 6.33. The number of hydrogen-bond acceptors (Lipinski definition) is 5. The lowest BCUT2D eigenvalue weighted by molar-refractivity contribution is 0.0696. The maximum Gasteiger partial charge on any atom is 0.365 e. The van der Waals surface area contributed by atoms with E-state index in [4.69, 9.17) is 9.84 Å². The molecule has 0 amide bonds. The average molecular weight is 296 g/mol. The van der Waals surface area contributed by atoms with Gasteiger partial charge >= 0.3 is 5.97 Å². The standard InChI is InChI=1S/C13H13FN2O3S/c1-2-19-11-4-3-8(5-10(11)14)15-6-9-7-20-12(16-9)13(17)18/h3-5,7,15H,2,6H2,1H3,(H,17,18). The summed E-state index contributed by atoms with van der Waals surface area (Å²) in [6.45, 7) is 2.52. The summed E-state index contributed by atoms with van der Waals surface area (Å²) in [6, 6.07) is 4.57. The highest BCUT2D eigenvalue weighted by atomic mass is 32.1. The molecule has 5 nitrogen and oxygen atoms in total. The van der Waals surface area contributed by atoms with Crippen LogP contribution in [0.2, 0.25) is 0 Å². The third-order valence-corrected chi connectivity index (χ3v) is 3.32. The normalized spacial score (nSPS) is 10.3. The number of anilines is 1. The zero-order chi connectivity index (χ0) is 14.5. The van der Waals surface area contributed by atoms with Crippen LogP contribution in [-0.4, -0.2) is 22.7 Å². The first-order valence-corrected chi connectivity index (χ1v) is 6.82. The van der Waals surface area contributed by atoms with E-state index < -0.39 is 11.8 Å². The van der Waals surface area contributed by atoms with Crippen LogP contribution in [-0.2, 0) is 6.54 Å². The van der Waals surface area contributed by atoms with Crippen LogP contribution in [0.1, 0.15) is 22.4 Å². The monoisotopic (exact) mass is 296 g/mol. The van der Waals surface area contributed by atoms with Crippen LogP contribution in [0.4, 0.5) is 10.1 Å². The van der Waals surface area contributed by atoms with Crippen LogP contribution in [0.15, 0.2) is 23.6 Å². The molecule has 2 rings (SSSR count). The molecule has 0 saturated heterocycles. The maximum atomic E-state index is 13.6. The van der Waals surface area contributed by atoms with E-state index in [1.54, 1.807) is 24.4 Å². The van der Waals surface area contributed by atoms with E-state index in [1.807, 2.05) is 0 Å². The number of thiazole rings is 1. The highest BCUT2D eigenvalue weighted by Gasteiger charge is 2.09. The summed E-state index contributed by atoms with van der Waals surface area (Å²) in [5.74, 6) is -1.28. The molecule has 0 aliphatic rings. The highest BCUT2D eigenvalue weighted by molar-refractivity contribution is 7.11. The lowest BCUT2D eigenvalue weighted by Crippen LogP contribution is -2.02. The van der Waals surface area contributed by atoms with Gasteiger partial charge in [0.05, 0.1) is 18.8 Å². The number of benzene rings is 1. The second-order valence-corrected chi connectivity index (χ2v) is 4.74. The summed E-state index contributed by atoms with van der Waals surface area (Å²) < 4.78 is 18.7. The zero-order valence-corrected chi connectivity index (χ0v) is 11.5. The summed E-state index contributed by atoms with van der Waals surface area (Å²) in [4.78, 5) is 14.6. The number of aromatic nitrogens is 1. The fourth-order valence-corrected chi connectivity index (χ4v) is 2.22. The summed E-state index contributed by atoms with van der Waals surface area (Å²) in [5.41, 5.74) is 1.18. The molecule has 2 aromatic rings. The van der Waals surface area contributed by atoms with Crippen molar-refractivity contribution in [3.8, 4) is 5.75 Å². The molecule has 1 heterocycles. The first-order valence-electron chi connectivity index (χ1n) is 5.94. The van der Waals surface area contributed by atoms with Crippen LogP contribution < -0.4 is 10.1 Å². The Kier molecular flexibility index (Phi) is 4.52. The Labute approximate surface area is 119 Å². The number of ether oxygens (including phenoxy) is 1. The predicted octanol–water partition coefficient (Wildman–Crippen LogP) is 2.99. The zero-order valence-electron chi connectivity index (χ0n) is 10.7. The molecule has 2 N–H and O–H groups in total. The molecule has 0 saturated carbocycles. The molecule has 0 aliphatic carbocycles. The number of nitrogens with zero attached hydrogens (tertiary/aromatic N) is 1.